The van der Waals surface area contributed by atoms with Crippen LogP contribution in [0.2, 0.25) is 0 Å². The van der Waals surface area contributed by atoms with Gasteiger partial charge >= 0.3 is 13.1 Å². The van der Waals surface area contributed by atoms with E-state index >= 15 is 0 Å². The molecule has 2 heterocycles. The van der Waals surface area contributed by atoms with Crippen LogP contribution in [0, 0.1) is 6.92 Å². The lowest BCUT2D eigenvalue weighted by Gasteiger charge is -2.32. The second-order valence-electron chi connectivity index (χ2n) is 8.60. The number of urea groups is 1. The van der Waals surface area contributed by atoms with Crippen LogP contribution in [0.4, 0.5) is 10.5 Å². The third-order valence-electron chi connectivity index (χ3n) is 6.26. The van der Waals surface area contributed by atoms with Gasteiger partial charge < -0.3 is 14.6 Å². The molecule has 2 fully saturated rings. The minimum atomic E-state index is -0.444. The smallest absolute Gasteiger partial charge is 0.399 e. The van der Waals surface area contributed by atoms with Crippen LogP contribution in [0.15, 0.2) is 48.5 Å². The normalized spacial score (nSPS) is 23.2. The monoisotopic (exact) mass is 378 g/mol. The Morgan fingerprint density at radius 1 is 1.00 bits per heavy atom. The summed E-state index contributed by atoms with van der Waals surface area (Å²) in [4.78, 5) is 14.5. The van der Waals surface area contributed by atoms with Crippen molar-refractivity contribution in [2.75, 3.05) is 11.4 Å². The van der Waals surface area contributed by atoms with E-state index in [9.17, 15) is 4.79 Å². The van der Waals surface area contributed by atoms with Gasteiger partial charge in [0.15, 0.2) is 0 Å². The summed E-state index contributed by atoms with van der Waals surface area (Å²) in [6.45, 7) is 10.8. The highest BCUT2D eigenvalue weighted by Crippen LogP contribution is 2.37. The van der Waals surface area contributed by atoms with Crippen molar-refractivity contribution in [3.05, 3.63) is 59.7 Å². The van der Waals surface area contributed by atoms with Gasteiger partial charge in [-0.3, -0.25) is 4.90 Å². The SMILES string of the molecule is Cc1c(B2OC(C)(C)C(C)(C)O2)cccc1N1C[C@@H](c2ccccc2)NC1=O. The van der Waals surface area contributed by atoms with Gasteiger partial charge in [-0.1, -0.05) is 42.5 Å². The Balaban J connectivity index is 1.62. The fraction of sp³-hybridized carbons (Fsp3) is 0.409. The van der Waals surface area contributed by atoms with Crippen LogP contribution in [0.3, 0.4) is 0 Å². The molecule has 2 amide bonds. The summed E-state index contributed by atoms with van der Waals surface area (Å²) >= 11 is 0. The van der Waals surface area contributed by atoms with E-state index in [4.69, 9.17) is 9.31 Å². The molecule has 2 saturated heterocycles. The van der Waals surface area contributed by atoms with Crippen molar-refractivity contribution in [2.24, 2.45) is 0 Å². The first-order valence-electron chi connectivity index (χ1n) is 9.78. The number of rotatable bonds is 3. The van der Waals surface area contributed by atoms with Crippen molar-refractivity contribution in [2.45, 2.75) is 51.9 Å². The topological polar surface area (TPSA) is 50.8 Å². The minimum Gasteiger partial charge on any atom is -0.399 e. The number of hydrogen-bond donors (Lipinski definition) is 1. The van der Waals surface area contributed by atoms with Crippen LogP contribution in [0.1, 0.15) is 44.9 Å². The molecule has 2 aliphatic rings. The number of hydrogen-bond acceptors (Lipinski definition) is 3. The first-order chi connectivity index (χ1) is 13.2. The van der Waals surface area contributed by atoms with E-state index < -0.39 is 18.3 Å². The van der Waals surface area contributed by atoms with Gasteiger partial charge in [0.25, 0.3) is 0 Å². The molecule has 1 N–H and O–H groups in total. The molecular weight excluding hydrogens is 351 g/mol. The first-order valence-corrected chi connectivity index (χ1v) is 9.78. The number of nitrogens with one attached hydrogen (secondary N) is 1. The van der Waals surface area contributed by atoms with Crippen LogP contribution in [0.25, 0.3) is 0 Å². The van der Waals surface area contributed by atoms with Crippen molar-refractivity contribution in [3.8, 4) is 0 Å². The molecule has 0 aromatic heterocycles. The molecule has 4 rings (SSSR count). The number of carbonyl (C=O) groups is 1. The van der Waals surface area contributed by atoms with Crippen LogP contribution >= 0.6 is 0 Å². The van der Waals surface area contributed by atoms with Gasteiger partial charge in [0.05, 0.1) is 23.8 Å². The predicted molar refractivity (Wildman–Crippen MR) is 112 cm³/mol. The second kappa shape index (κ2) is 6.64. The van der Waals surface area contributed by atoms with Gasteiger partial charge in [-0.05, 0) is 57.3 Å². The lowest BCUT2D eigenvalue weighted by Crippen LogP contribution is -2.41. The molecular formula is C22H27BN2O3. The molecule has 0 unspecified atom stereocenters. The molecule has 0 saturated carbocycles. The maximum Gasteiger partial charge on any atom is 0.495 e. The standard InChI is InChI=1S/C22H27BN2O3/c1-15-17(23-27-21(2,3)22(4,5)28-23)12-9-13-19(15)25-14-18(24-20(25)26)16-10-7-6-8-11-16/h6-13,18H,14H2,1-5H3,(H,24,26)/t18-/m0/s1. The van der Waals surface area contributed by atoms with Gasteiger partial charge in [-0.15, -0.1) is 0 Å². The average molecular weight is 378 g/mol. The van der Waals surface area contributed by atoms with E-state index in [1.54, 1.807) is 0 Å². The van der Waals surface area contributed by atoms with Crippen LogP contribution in [-0.4, -0.2) is 30.9 Å². The lowest BCUT2D eigenvalue weighted by molar-refractivity contribution is 0.00578. The summed E-state index contributed by atoms with van der Waals surface area (Å²) < 4.78 is 12.4. The lowest BCUT2D eigenvalue weighted by atomic mass is 9.75. The van der Waals surface area contributed by atoms with Crippen molar-refractivity contribution in [1.29, 1.82) is 0 Å². The average Bonchev–Trinajstić information content (AvgIpc) is 3.12. The van der Waals surface area contributed by atoms with E-state index in [1.165, 1.54) is 0 Å². The zero-order valence-corrected chi connectivity index (χ0v) is 17.2. The molecule has 2 aromatic carbocycles. The molecule has 1 atom stereocenters. The Morgan fingerprint density at radius 3 is 2.29 bits per heavy atom. The van der Waals surface area contributed by atoms with Crippen molar-refractivity contribution < 1.29 is 14.1 Å². The van der Waals surface area contributed by atoms with Gasteiger partial charge in [-0.25, -0.2) is 4.79 Å². The molecule has 5 nitrogen and oxygen atoms in total. The molecule has 2 aromatic rings. The summed E-state index contributed by atoms with van der Waals surface area (Å²) in [7, 11) is -0.444. The van der Waals surface area contributed by atoms with Crippen LogP contribution in [-0.2, 0) is 9.31 Å². The van der Waals surface area contributed by atoms with Gasteiger partial charge in [0, 0.05) is 5.69 Å². The fourth-order valence-electron chi connectivity index (χ4n) is 3.78. The highest BCUT2D eigenvalue weighted by Gasteiger charge is 2.52. The van der Waals surface area contributed by atoms with Crippen LogP contribution in [0.5, 0.6) is 0 Å². The maximum atomic E-state index is 12.7. The van der Waals surface area contributed by atoms with Crippen LogP contribution < -0.4 is 15.7 Å². The fourth-order valence-corrected chi connectivity index (χ4v) is 3.78. The van der Waals surface area contributed by atoms with Crippen molar-refractivity contribution in [1.82, 2.24) is 5.32 Å². The summed E-state index contributed by atoms with van der Waals surface area (Å²) in [6.07, 6.45) is 0. The Labute approximate surface area is 167 Å². The minimum absolute atomic E-state index is 0.0198. The molecule has 0 radical (unpaired) electrons. The van der Waals surface area contributed by atoms with Gasteiger partial charge in [-0.2, -0.15) is 0 Å². The molecule has 6 heteroatoms. The number of anilines is 1. The Bertz CT molecular complexity index is 882. The van der Waals surface area contributed by atoms with E-state index in [0.29, 0.717) is 6.54 Å². The second-order valence-corrected chi connectivity index (χ2v) is 8.60. The molecule has 0 spiro atoms. The quantitative estimate of drug-likeness (QED) is 0.831. The number of benzene rings is 2. The number of nitrogens with zero attached hydrogens (tertiary/aromatic N) is 1. The van der Waals surface area contributed by atoms with Crippen molar-refractivity contribution >= 4 is 24.3 Å². The summed E-state index contributed by atoms with van der Waals surface area (Å²) in [5.41, 5.74) is 3.17. The highest BCUT2D eigenvalue weighted by molar-refractivity contribution is 6.62. The molecule has 28 heavy (non-hydrogen) atoms. The third kappa shape index (κ3) is 3.10. The third-order valence-corrected chi connectivity index (χ3v) is 6.26. The highest BCUT2D eigenvalue weighted by atomic mass is 16.7. The predicted octanol–water partition coefficient (Wildman–Crippen LogP) is 3.57. The van der Waals surface area contributed by atoms with E-state index in [0.717, 1.165) is 22.3 Å². The Kier molecular flexibility index (Phi) is 4.51. The Hall–Kier alpha value is -2.31. The van der Waals surface area contributed by atoms with E-state index in [1.807, 2.05) is 88.0 Å². The first kappa shape index (κ1) is 19.0. The molecule has 2 aliphatic heterocycles. The van der Waals surface area contributed by atoms with Gasteiger partial charge in [0.1, 0.15) is 0 Å². The summed E-state index contributed by atoms with van der Waals surface area (Å²) in [5, 5.41) is 3.09. The van der Waals surface area contributed by atoms with E-state index in [-0.39, 0.29) is 12.1 Å². The maximum absolute atomic E-state index is 12.7. The summed E-state index contributed by atoms with van der Waals surface area (Å²) in [5.74, 6) is 0. The number of amides is 2. The summed E-state index contributed by atoms with van der Waals surface area (Å²) in [6, 6.07) is 15.9. The zero-order valence-electron chi connectivity index (χ0n) is 17.2. The molecule has 0 aliphatic carbocycles. The molecule has 146 valence electrons. The Morgan fingerprint density at radius 2 is 1.64 bits per heavy atom. The zero-order chi connectivity index (χ0) is 20.1. The van der Waals surface area contributed by atoms with Crippen molar-refractivity contribution in [3.63, 3.8) is 0 Å². The van der Waals surface area contributed by atoms with Gasteiger partial charge in [0.2, 0.25) is 0 Å². The van der Waals surface area contributed by atoms with E-state index in [2.05, 4.69) is 5.32 Å². The molecule has 0 bridgehead atoms. The number of carbonyl (C=O) groups excluding carboxylic acids is 1. The largest absolute Gasteiger partial charge is 0.495 e.